The van der Waals surface area contributed by atoms with E-state index in [0.717, 1.165) is 28.0 Å². The third-order valence-corrected chi connectivity index (χ3v) is 4.50. The number of para-hydroxylation sites is 1. The maximum absolute atomic E-state index is 10.8. The quantitative estimate of drug-likeness (QED) is 0.784. The van der Waals surface area contributed by atoms with Gasteiger partial charge in [-0.25, -0.2) is 9.97 Å². The molecule has 0 saturated carbocycles. The summed E-state index contributed by atoms with van der Waals surface area (Å²) in [5.74, 6) is 1.34. The molecule has 1 N–H and O–H groups in total. The van der Waals surface area contributed by atoms with Gasteiger partial charge >= 0.3 is 0 Å². The van der Waals surface area contributed by atoms with Crippen molar-refractivity contribution >= 4 is 16.6 Å². The van der Waals surface area contributed by atoms with Crippen molar-refractivity contribution in [2.45, 2.75) is 12.5 Å². The predicted molar refractivity (Wildman–Crippen MR) is 90.1 cm³/mol. The minimum Gasteiger partial charge on any atom is -0.494 e. The zero-order chi connectivity index (χ0) is 16.9. The van der Waals surface area contributed by atoms with Gasteiger partial charge in [-0.3, -0.25) is 4.68 Å². The number of anilines is 1. The molecule has 0 aliphatic carbocycles. The van der Waals surface area contributed by atoms with Crippen molar-refractivity contribution in [1.29, 1.82) is 0 Å². The van der Waals surface area contributed by atoms with E-state index < -0.39 is 5.60 Å². The van der Waals surface area contributed by atoms with E-state index in [4.69, 9.17) is 4.74 Å². The van der Waals surface area contributed by atoms with Crippen LogP contribution in [0.4, 0.5) is 5.69 Å². The Morgan fingerprint density at radius 1 is 1.29 bits per heavy atom. The van der Waals surface area contributed by atoms with E-state index >= 15 is 0 Å². The van der Waals surface area contributed by atoms with Crippen LogP contribution in [0, 0.1) is 6.92 Å². The van der Waals surface area contributed by atoms with Crippen molar-refractivity contribution in [2.75, 3.05) is 25.1 Å². The highest BCUT2D eigenvalue weighted by molar-refractivity contribution is 5.96. The van der Waals surface area contributed by atoms with Crippen molar-refractivity contribution in [3.05, 3.63) is 42.1 Å². The Kier molecular flexibility index (Phi) is 3.21. The summed E-state index contributed by atoms with van der Waals surface area (Å²) in [6.07, 6.45) is 1.47. The fourth-order valence-corrected chi connectivity index (χ4v) is 3.37. The Balaban J connectivity index is 1.73. The largest absolute Gasteiger partial charge is 0.494 e. The van der Waals surface area contributed by atoms with Gasteiger partial charge in [0.2, 0.25) is 0 Å². The molecular formula is C17H19N5O2. The van der Waals surface area contributed by atoms with Crippen LogP contribution >= 0.6 is 0 Å². The average molecular weight is 325 g/mol. The Labute approximate surface area is 139 Å². The molecular weight excluding hydrogens is 306 g/mol. The summed E-state index contributed by atoms with van der Waals surface area (Å²) in [6, 6.07) is 7.93. The summed E-state index contributed by atoms with van der Waals surface area (Å²) in [7, 11) is 3.44. The third kappa shape index (κ3) is 2.12. The second-order valence-electron chi connectivity index (χ2n) is 6.23. The molecule has 2 aromatic heterocycles. The van der Waals surface area contributed by atoms with Crippen molar-refractivity contribution in [3.8, 4) is 5.75 Å². The number of benzene rings is 1. The molecule has 1 aromatic carbocycles. The molecule has 7 nitrogen and oxygen atoms in total. The van der Waals surface area contributed by atoms with Gasteiger partial charge in [0.15, 0.2) is 11.4 Å². The molecule has 1 aliphatic rings. The number of aliphatic hydroxyl groups is 1. The normalized spacial score (nSPS) is 16.2. The number of rotatable bonds is 3. The minimum absolute atomic E-state index is 0.468. The van der Waals surface area contributed by atoms with Crippen LogP contribution in [0.1, 0.15) is 11.5 Å². The second-order valence-corrected chi connectivity index (χ2v) is 6.23. The number of ether oxygens (including phenoxy) is 1. The third-order valence-electron chi connectivity index (χ3n) is 4.50. The Morgan fingerprint density at radius 2 is 2.08 bits per heavy atom. The van der Waals surface area contributed by atoms with E-state index in [1.165, 1.54) is 6.33 Å². The van der Waals surface area contributed by atoms with Crippen LogP contribution in [0.2, 0.25) is 0 Å². The van der Waals surface area contributed by atoms with E-state index in [9.17, 15) is 5.11 Å². The fraction of sp³-hybridized carbons (Fsp3) is 0.353. The average Bonchev–Trinajstić information content (AvgIpc) is 2.97. The summed E-state index contributed by atoms with van der Waals surface area (Å²) >= 11 is 0. The molecule has 24 heavy (non-hydrogen) atoms. The van der Waals surface area contributed by atoms with Crippen LogP contribution < -0.4 is 9.64 Å². The van der Waals surface area contributed by atoms with Gasteiger partial charge in [0.25, 0.3) is 0 Å². The van der Waals surface area contributed by atoms with Gasteiger partial charge in [0, 0.05) is 23.8 Å². The van der Waals surface area contributed by atoms with Crippen LogP contribution in [-0.4, -0.2) is 45.1 Å². The molecule has 0 unspecified atom stereocenters. The van der Waals surface area contributed by atoms with Crippen LogP contribution in [-0.2, 0) is 12.6 Å². The van der Waals surface area contributed by atoms with Crippen molar-refractivity contribution in [2.24, 2.45) is 7.05 Å². The van der Waals surface area contributed by atoms with Crippen molar-refractivity contribution in [3.63, 3.8) is 0 Å². The molecule has 7 heteroatoms. The number of pyridine rings is 1. The van der Waals surface area contributed by atoms with Crippen LogP contribution in [0.25, 0.3) is 10.9 Å². The molecule has 0 spiro atoms. The standard InChI is InChI=1S/C17H19N5O2/c1-11-7-13(12-5-4-6-14(24-3)15(12)20-11)22-8-17(23,9-22)16-18-10-19-21(16)2/h4-7,10,23H,8-9H2,1-3H3. The first kappa shape index (κ1) is 14.9. The van der Waals surface area contributed by atoms with Crippen LogP contribution in [0.15, 0.2) is 30.6 Å². The lowest BCUT2D eigenvalue weighted by Gasteiger charge is -2.47. The first-order valence-corrected chi connectivity index (χ1v) is 7.78. The molecule has 3 heterocycles. The summed E-state index contributed by atoms with van der Waals surface area (Å²) in [5, 5.41) is 15.9. The molecule has 4 rings (SSSR count). The summed E-state index contributed by atoms with van der Waals surface area (Å²) < 4.78 is 7.05. The molecule has 1 saturated heterocycles. The van der Waals surface area contributed by atoms with Crippen LogP contribution in [0.5, 0.6) is 5.75 Å². The van der Waals surface area contributed by atoms with Gasteiger partial charge in [0.1, 0.15) is 17.6 Å². The highest BCUT2D eigenvalue weighted by Crippen LogP contribution is 2.39. The molecule has 124 valence electrons. The Morgan fingerprint density at radius 3 is 2.75 bits per heavy atom. The summed E-state index contributed by atoms with van der Waals surface area (Å²) in [6.45, 7) is 2.90. The lowest BCUT2D eigenvalue weighted by molar-refractivity contribution is -0.00406. The minimum atomic E-state index is -0.979. The van der Waals surface area contributed by atoms with Gasteiger partial charge in [-0.15, -0.1) is 0 Å². The lowest BCUT2D eigenvalue weighted by atomic mass is 9.91. The number of nitrogens with zero attached hydrogens (tertiary/aromatic N) is 5. The van der Waals surface area contributed by atoms with E-state index in [2.05, 4.69) is 20.0 Å². The van der Waals surface area contributed by atoms with Crippen molar-refractivity contribution < 1.29 is 9.84 Å². The van der Waals surface area contributed by atoms with Gasteiger partial charge in [0.05, 0.1) is 20.2 Å². The number of hydrogen-bond donors (Lipinski definition) is 1. The summed E-state index contributed by atoms with van der Waals surface area (Å²) in [4.78, 5) is 10.9. The van der Waals surface area contributed by atoms with E-state index in [1.807, 2.05) is 31.2 Å². The first-order chi connectivity index (χ1) is 11.5. The fourth-order valence-electron chi connectivity index (χ4n) is 3.37. The second kappa shape index (κ2) is 5.17. The number of fused-ring (bicyclic) bond motifs is 1. The zero-order valence-electron chi connectivity index (χ0n) is 13.9. The molecule has 1 aliphatic heterocycles. The van der Waals surface area contributed by atoms with Gasteiger partial charge in [-0.1, -0.05) is 12.1 Å². The van der Waals surface area contributed by atoms with Crippen molar-refractivity contribution in [1.82, 2.24) is 19.7 Å². The monoisotopic (exact) mass is 325 g/mol. The Bertz CT molecular complexity index is 914. The smallest absolute Gasteiger partial charge is 0.162 e. The zero-order valence-corrected chi connectivity index (χ0v) is 13.9. The molecule has 0 atom stereocenters. The van der Waals surface area contributed by atoms with Gasteiger partial charge in [-0.2, -0.15) is 5.10 Å². The van der Waals surface area contributed by atoms with Gasteiger partial charge in [-0.05, 0) is 19.1 Å². The summed E-state index contributed by atoms with van der Waals surface area (Å²) in [5.41, 5.74) is 1.82. The number of β-amino-alcohol motifs (C(OH)–C–C–N with tert-alkyl or cyclic N) is 1. The topological polar surface area (TPSA) is 76.3 Å². The maximum Gasteiger partial charge on any atom is 0.162 e. The number of hydrogen-bond acceptors (Lipinski definition) is 6. The predicted octanol–water partition coefficient (Wildman–Crippen LogP) is 1.39. The number of aryl methyl sites for hydroxylation is 2. The van der Waals surface area contributed by atoms with Gasteiger partial charge < -0.3 is 14.7 Å². The molecule has 1 fully saturated rings. The van der Waals surface area contributed by atoms with E-state index in [0.29, 0.717) is 18.9 Å². The highest BCUT2D eigenvalue weighted by atomic mass is 16.5. The lowest BCUT2D eigenvalue weighted by Crippen LogP contribution is -2.60. The maximum atomic E-state index is 10.8. The van der Waals surface area contributed by atoms with Crippen LogP contribution in [0.3, 0.4) is 0 Å². The molecule has 0 bridgehead atoms. The van der Waals surface area contributed by atoms with E-state index in [1.54, 1.807) is 18.8 Å². The number of aromatic nitrogens is 4. The number of methoxy groups -OCH3 is 1. The first-order valence-electron chi connectivity index (χ1n) is 7.78. The highest BCUT2D eigenvalue weighted by Gasteiger charge is 2.46. The Hall–Kier alpha value is -2.67. The molecule has 0 amide bonds. The molecule has 3 aromatic rings. The molecule has 0 radical (unpaired) electrons. The van der Waals surface area contributed by atoms with E-state index in [-0.39, 0.29) is 0 Å². The SMILES string of the molecule is COc1cccc2c(N3CC(O)(c4ncnn4C)C3)cc(C)nc12.